The number of hydrogen-bond acceptors (Lipinski definition) is 7. The molecule has 0 atom stereocenters. The summed E-state index contributed by atoms with van der Waals surface area (Å²) in [5.41, 5.74) is 5.41. The second-order valence-electron chi connectivity index (χ2n) is 5.85. The molecule has 0 spiro atoms. The van der Waals surface area contributed by atoms with Crippen LogP contribution in [0.4, 0.5) is 11.4 Å². The Morgan fingerprint density at radius 3 is 2.61 bits per heavy atom. The van der Waals surface area contributed by atoms with E-state index in [0.717, 1.165) is 11.1 Å². The van der Waals surface area contributed by atoms with Gasteiger partial charge >= 0.3 is 5.97 Å². The molecule has 142 valence electrons. The first kappa shape index (κ1) is 18.8. The molecule has 0 aliphatic rings. The molecular weight excluding hydrogens is 362 g/mol. The van der Waals surface area contributed by atoms with Gasteiger partial charge in [-0.3, -0.25) is 15.5 Å². The van der Waals surface area contributed by atoms with E-state index in [1.807, 2.05) is 13.0 Å². The van der Waals surface area contributed by atoms with Crippen molar-refractivity contribution in [3.05, 3.63) is 81.6 Å². The molecule has 0 bridgehead atoms. The summed E-state index contributed by atoms with van der Waals surface area (Å²) in [6, 6.07) is 14.8. The van der Waals surface area contributed by atoms with Crippen LogP contribution in [0.5, 0.6) is 0 Å². The number of nitrogens with one attached hydrogen (secondary N) is 1. The number of benzene rings is 2. The van der Waals surface area contributed by atoms with Gasteiger partial charge in [0.1, 0.15) is 11.5 Å². The number of nitro groups is 1. The van der Waals surface area contributed by atoms with Gasteiger partial charge in [-0.1, -0.05) is 12.1 Å². The summed E-state index contributed by atoms with van der Waals surface area (Å²) in [6.45, 7) is 1.83. The quantitative estimate of drug-likeness (QED) is 0.294. The van der Waals surface area contributed by atoms with Crippen LogP contribution in [0, 0.1) is 17.0 Å². The molecule has 28 heavy (non-hydrogen) atoms. The largest absolute Gasteiger partial charge is 0.465 e. The van der Waals surface area contributed by atoms with Crippen LogP contribution in [-0.4, -0.2) is 24.2 Å². The van der Waals surface area contributed by atoms with E-state index in [2.05, 4.69) is 10.5 Å². The van der Waals surface area contributed by atoms with E-state index in [0.29, 0.717) is 22.8 Å². The highest BCUT2D eigenvalue weighted by Crippen LogP contribution is 2.27. The van der Waals surface area contributed by atoms with Crippen molar-refractivity contribution in [3.8, 4) is 11.3 Å². The summed E-state index contributed by atoms with van der Waals surface area (Å²) in [4.78, 5) is 22.0. The minimum absolute atomic E-state index is 0.00904. The summed E-state index contributed by atoms with van der Waals surface area (Å²) >= 11 is 0. The SMILES string of the molecule is COC(=O)c1cccc(-c2ccc(/C=N/Nc3ccc([N+](=O)[O-])cc3)o2)c1C. The summed E-state index contributed by atoms with van der Waals surface area (Å²) in [5, 5.41) is 14.7. The fourth-order valence-electron chi connectivity index (χ4n) is 2.63. The van der Waals surface area contributed by atoms with Crippen molar-refractivity contribution >= 4 is 23.6 Å². The van der Waals surface area contributed by atoms with Gasteiger partial charge in [-0.05, 0) is 42.8 Å². The Labute approximate surface area is 160 Å². The highest BCUT2D eigenvalue weighted by Gasteiger charge is 2.14. The fourth-order valence-corrected chi connectivity index (χ4v) is 2.63. The van der Waals surface area contributed by atoms with E-state index in [-0.39, 0.29) is 5.69 Å². The molecular formula is C20H17N3O5. The minimum Gasteiger partial charge on any atom is -0.465 e. The van der Waals surface area contributed by atoms with Crippen LogP contribution in [0.3, 0.4) is 0 Å². The van der Waals surface area contributed by atoms with Crippen molar-refractivity contribution in [3.63, 3.8) is 0 Å². The molecule has 3 rings (SSSR count). The summed E-state index contributed by atoms with van der Waals surface area (Å²) < 4.78 is 10.6. The van der Waals surface area contributed by atoms with Gasteiger partial charge in [-0.25, -0.2) is 4.79 Å². The average molecular weight is 379 g/mol. The lowest BCUT2D eigenvalue weighted by molar-refractivity contribution is -0.384. The first-order valence-corrected chi connectivity index (χ1v) is 8.31. The van der Waals surface area contributed by atoms with Crippen LogP contribution in [0.15, 0.2) is 64.1 Å². The standard InChI is InChI=1S/C20H17N3O5/c1-13-17(4-3-5-18(13)20(24)27-2)19-11-10-16(28-19)12-21-22-14-6-8-15(9-7-14)23(25)26/h3-12,22H,1-2H3/b21-12+. The number of nitro benzene ring substituents is 1. The Bertz CT molecular complexity index is 1040. The van der Waals surface area contributed by atoms with Gasteiger partial charge in [0.05, 0.1) is 29.5 Å². The lowest BCUT2D eigenvalue weighted by Crippen LogP contribution is -2.04. The van der Waals surface area contributed by atoms with Crippen molar-refractivity contribution in [2.75, 3.05) is 12.5 Å². The molecule has 3 aromatic rings. The number of furan rings is 1. The third kappa shape index (κ3) is 4.07. The van der Waals surface area contributed by atoms with Gasteiger partial charge in [0.15, 0.2) is 0 Å². The number of carbonyl (C=O) groups is 1. The van der Waals surface area contributed by atoms with Crippen LogP contribution >= 0.6 is 0 Å². The van der Waals surface area contributed by atoms with E-state index in [4.69, 9.17) is 9.15 Å². The van der Waals surface area contributed by atoms with E-state index < -0.39 is 10.9 Å². The van der Waals surface area contributed by atoms with Crippen LogP contribution in [0.25, 0.3) is 11.3 Å². The summed E-state index contributed by atoms with van der Waals surface area (Å²) in [6.07, 6.45) is 1.49. The number of hydrogen-bond donors (Lipinski definition) is 1. The number of methoxy groups -OCH3 is 1. The maximum atomic E-state index is 11.8. The highest BCUT2D eigenvalue weighted by molar-refractivity contribution is 5.93. The minimum atomic E-state index is -0.464. The molecule has 2 aromatic carbocycles. The number of ether oxygens (including phenoxy) is 1. The second kappa shape index (κ2) is 8.17. The number of carbonyl (C=O) groups excluding carboxylic acids is 1. The lowest BCUT2D eigenvalue weighted by atomic mass is 10.0. The predicted molar refractivity (Wildman–Crippen MR) is 105 cm³/mol. The van der Waals surface area contributed by atoms with Gasteiger partial charge in [-0.2, -0.15) is 5.10 Å². The molecule has 1 aromatic heterocycles. The number of non-ortho nitro benzene ring substituents is 1. The first-order chi connectivity index (χ1) is 13.5. The van der Waals surface area contributed by atoms with Crippen LogP contribution < -0.4 is 5.43 Å². The molecule has 0 amide bonds. The number of hydrazone groups is 1. The molecule has 8 nitrogen and oxygen atoms in total. The second-order valence-corrected chi connectivity index (χ2v) is 5.85. The molecule has 0 aliphatic heterocycles. The first-order valence-electron chi connectivity index (χ1n) is 8.31. The summed E-state index contributed by atoms with van der Waals surface area (Å²) in [7, 11) is 1.34. The average Bonchev–Trinajstić information content (AvgIpc) is 3.16. The third-order valence-electron chi connectivity index (χ3n) is 4.09. The topological polar surface area (TPSA) is 107 Å². The summed E-state index contributed by atoms with van der Waals surface area (Å²) in [5.74, 6) is 0.701. The number of nitrogens with zero attached hydrogens (tertiary/aromatic N) is 2. The highest BCUT2D eigenvalue weighted by atomic mass is 16.6. The van der Waals surface area contributed by atoms with Crippen molar-refractivity contribution in [2.45, 2.75) is 6.92 Å². The number of rotatable bonds is 6. The van der Waals surface area contributed by atoms with Crippen LogP contribution in [0.2, 0.25) is 0 Å². The zero-order chi connectivity index (χ0) is 20.1. The van der Waals surface area contributed by atoms with Gasteiger partial charge in [-0.15, -0.1) is 0 Å². The maximum absolute atomic E-state index is 11.8. The van der Waals surface area contributed by atoms with Crippen LogP contribution in [0.1, 0.15) is 21.7 Å². The van der Waals surface area contributed by atoms with Crippen molar-refractivity contribution in [1.29, 1.82) is 0 Å². The Hall–Kier alpha value is -3.94. The van der Waals surface area contributed by atoms with E-state index >= 15 is 0 Å². The van der Waals surface area contributed by atoms with Gasteiger partial charge in [0.25, 0.3) is 5.69 Å². The normalized spacial score (nSPS) is 10.8. The zero-order valence-corrected chi connectivity index (χ0v) is 15.2. The lowest BCUT2D eigenvalue weighted by Gasteiger charge is -2.07. The Morgan fingerprint density at radius 1 is 1.18 bits per heavy atom. The molecule has 8 heteroatoms. The molecule has 0 radical (unpaired) electrons. The van der Waals surface area contributed by atoms with E-state index in [1.54, 1.807) is 36.4 Å². The fraction of sp³-hybridized carbons (Fsp3) is 0.100. The van der Waals surface area contributed by atoms with Crippen molar-refractivity contribution in [1.82, 2.24) is 0 Å². The molecule has 0 saturated carbocycles. The predicted octanol–water partition coefficient (Wildman–Crippen LogP) is 4.40. The van der Waals surface area contributed by atoms with E-state index in [9.17, 15) is 14.9 Å². The van der Waals surface area contributed by atoms with Crippen molar-refractivity contribution < 1.29 is 18.9 Å². The third-order valence-corrected chi connectivity index (χ3v) is 4.09. The van der Waals surface area contributed by atoms with Gasteiger partial charge < -0.3 is 9.15 Å². The van der Waals surface area contributed by atoms with Gasteiger partial charge in [0, 0.05) is 17.7 Å². The molecule has 0 aliphatic carbocycles. The number of anilines is 1. The molecule has 1 N–H and O–H groups in total. The van der Waals surface area contributed by atoms with Crippen molar-refractivity contribution in [2.24, 2.45) is 5.10 Å². The molecule has 1 heterocycles. The molecule has 0 unspecified atom stereocenters. The smallest absolute Gasteiger partial charge is 0.338 e. The molecule has 0 saturated heterocycles. The number of esters is 1. The Morgan fingerprint density at radius 2 is 1.93 bits per heavy atom. The Balaban J connectivity index is 1.73. The van der Waals surface area contributed by atoms with Crippen LogP contribution in [-0.2, 0) is 4.74 Å². The van der Waals surface area contributed by atoms with E-state index in [1.165, 1.54) is 25.5 Å². The maximum Gasteiger partial charge on any atom is 0.338 e. The van der Waals surface area contributed by atoms with Gasteiger partial charge in [0.2, 0.25) is 0 Å². The monoisotopic (exact) mass is 379 g/mol. The zero-order valence-electron chi connectivity index (χ0n) is 15.2. The Kier molecular flexibility index (Phi) is 5.50. The molecule has 0 fully saturated rings.